The van der Waals surface area contributed by atoms with E-state index < -0.39 is 11.6 Å². The lowest BCUT2D eigenvalue weighted by molar-refractivity contribution is -0.137. The van der Waals surface area contributed by atoms with Crippen molar-refractivity contribution in [2.24, 2.45) is 5.73 Å². The van der Waals surface area contributed by atoms with Gasteiger partial charge < -0.3 is 20.6 Å². The van der Waals surface area contributed by atoms with Crippen molar-refractivity contribution in [3.63, 3.8) is 0 Å². The summed E-state index contributed by atoms with van der Waals surface area (Å²) in [6.45, 7) is 2.24. The number of halogens is 1. The fraction of sp³-hybridized carbons (Fsp3) is 0.562. The zero-order valence-corrected chi connectivity index (χ0v) is 12.5. The molecule has 1 amide bonds. The van der Waals surface area contributed by atoms with Crippen molar-refractivity contribution in [1.82, 2.24) is 4.90 Å². The molecule has 1 aliphatic carbocycles. The van der Waals surface area contributed by atoms with E-state index >= 15 is 0 Å². The molecule has 1 saturated heterocycles. The maximum atomic E-state index is 13.8. The topological polar surface area (TPSA) is 69.8 Å². The van der Waals surface area contributed by atoms with E-state index in [-0.39, 0.29) is 11.7 Å². The maximum Gasteiger partial charge on any atom is 0.242 e. The van der Waals surface area contributed by atoms with Crippen LogP contribution in [0.25, 0.3) is 0 Å². The fourth-order valence-corrected chi connectivity index (χ4v) is 3.42. The van der Waals surface area contributed by atoms with Gasteiger partial charge in [-0.2, -0.15) is 0 Å². The van der Waals surface area contributed by atoms with Crippen LogP contribution in [0.2, 0.25) is 0 Å². The number of nitrogens with zero attached hydrogens (tertiary/aromatic N) is 2. The van der Waals surface area contributed by atoms with E-state index in [9.17, 15) is 14.3 Å². The number of anilines is 1. The second-order valence-corrected chi connectivity index (χ2v) is 6.28. The molecule has 1 aromatic carbocycles. The van der Waals surface area contributed by atoms with E-state index in [1.54, 1.807) is 17.0 Å². The molecular weight excluding hydrogens is 285 g/mol. The monoisotopic (exact) mass is 307 g/mol. The number of nitrogens with two attached hydrogens (primary N) is 1. The summed E-state index contributed by atoms with van der Waals surface area (Å²) < 4.78 is 13.8. The molecule has 120 valence electrons. The van der Waals surface area contributed by atoms with Crippen molar-refractivity contribution < 1.29 is 14.3 Å². The number of rotatable bonds is 2. The van der Waals surface area contributed by atoms with Crippen LogP contribution in [-0.4, -0.2) is 53.7 Å². The Bertz CT molecular complexity index is 560. The molecule has 0 bridgehead atoms. The largest absolute Gasteiger partial charge is 0.393 e. The van der Waals surface area contributed by atoms with Gasteiger partial charge in [0, 0.05) is 32.6 Å². The third-order valence-corrected chi connectivity index (χ3v) is 4.71. The molecule has 2 atom stereocenters. The van der Waals surface area contributed by atoms with Crippen LogP contribution in [0.4, 0.5) is 10.1 Å². The van der Waals surface area contributed by atoms with Gasteiger partial charge in [-0.25, -0.2) is 4.39 Å². The van der Waals surface area contributed by atoms with Gasteiger partial charge in [0.25, 0.3) is 0 Å². The number of aliphatic hydroxyl groups excluding tert-OH is 1. The number of benzene rings is 1. The van der Waals surface area contributed by atoms with Crippen molar-refractivity contribution >= 4 is 11.6 Å². The molecule has 2 unspecified atom stereocenters. The highest BCUT2D eigenvalue weighted by Gasteiger charge is 2.44. The number of amides is 1. The summed E-state index contributed by atoms with van der Waals surface area (Å²) in [6.07, 6.45) is 0.964. The summed E-state index contributed by atoms with van der Waals surface area (Å²) in [5.74, 6) is -0.325. The lowest BCUT2D eigenvalue weighted by Crippen LogP contribution is -2.58. The molecular formula is C16H22FN3O2. The minimum atomic E-state index is -0.931. The van der Waals surface area contributed by atoms with Gasteiger partial charge in [0.2, 0.25) is 5.91 Å². The number of hydrogen-bond donors (Lipinski definition) is 2. The van der Waals surface area contributed by atoms with E-state index in [0.717, 1.165) is 0 Å². The Morgan fingerprint density at radius 1 is 1.27 bits per heavy atom. The Hall–Kier alpha value is -1.66. The molecule has 1 aromatic rings. The van der Waals surface area contributed by atoms with Crippen molar-refractivity contribution in [3.8, 4) is 0 Å². The van der Waals surface area contributed by atoms with Crippen LogP contribution in [0.3, 0.4) is 0 Å². The SMILES string of the molecule is NC1(C(=O)N2CCN(c3ccccc3F)CC2)CCC(O)C1. The third-order valence-electron chi connectivity index (χ3n) is 4.71. The highest BCUT2D eigenvalue weighted by Crippen LogP contribution is 2.30. The molecule has 0 aromatic heterocycles. The highest BCUT2D eigenvalue weighted by molar-refractivity contribution is 5.86. The summed E-state index contributed by atoms with van der Waals surface area (Å²) in [5, 5.41) is 9.63. The van der Waals surface area contributed by atoms with Crippen LogP contribution in [-0.2, 0) is 4.79 Å². The Morgan fingerprint density at radius 3 is 2.55 bits per heavy atom. The Balaban J connectivity index is 1.62. The first-order valence-corrected chi connectivity index (χ1v) is 7.75. The summed E-state index contributed by atoms with van der Waals surface area (Å²) in [5.41, 5.74) is 5.82. The zero-order chi connectivity index (χ0) is 15.7. The number of carbonyl (C=O) groups is 1. The predicted octanol–water partition coefficient (Wildman–Crippen LogP) is 0.717. The molecule has 6 heteroatoms. The average molecular weight is 307 g/mol. The first-order valence-electron chi connectivity index (χ1n) is 7.75. The molecule has 0 radical (unpaired) electrons. The lowest BCUT2D eigenvalue weighted by Gasteiger charge is -2.39. The van der Waals surface area contributed by atoms with Gasteiger partial charge in [0.1, 0.15) is 5.82 Å². The summed E-state index contributed by atoms with van der Waals surface area (Å²) in [6, 6.07) is 6.68. The number of hydrogen-bond acceptors (Lipinski definition) is 4. The van der Waals surface area contributed by atoms with Crippen LogP contribution in [0.15, 0.2) is 24.3 Å². The normalized spacial score (nSPS) is 29.0. The maximum absolute atomic E-state index is 13.8. The molecule has 2 aliphatic rings. The van der Waals surface area contributed by atoms with Crippen LogP contribution in [0.5, 0.6) is 0 Å². The molecule has 22 heavy (non-hydrogen) atoms. The second-order valence-electron chi connectivity index (χ2n) is 6.28. The van der Waals surface area contributed by atoms with Gasteiger partial charge in [-0.05, 0) is 25.0 Å². The van der Waals surface area contributed by atoms with E-state index in [2.05, 4.69) is 0 Å². The highest BCUT2D eigenvalue weighted by atomic mass is 19.1. The van der Waals surface area contributed by atoms with E-state index in [1.165, 1.54) is 6.07 Å². The van der Waals surface area contributed by atoms with Gasteiger partial charge >= 0.3 is 0 Å². The molecule has 1 aliphatic heterocycles. The first kappa shape index (κ1) is 15.2. The van der Waals surface area contributed by atoms with Crippen molar-refractivity contribution in [2.45, 2.75) is 30.9 Å². The number of aliphatic hydroxyl groups is 1. The Labute approximate surface area is 129 Å². The fourth-order valence-electron chi connectivity index (χ4n) is 3.42. The van der Waals surface area contributed by atoms with Gasteiger partial charge in [0.05, 0.1) is 17.3 Å². The number of piperazine rings is 1. The molecule has 3 N–H and O–H groups in total. The first-order chi connectivity index (χ1) is 10.5. The second kappa shape index (κ2) is 5.85. The van der Waals surface area contributed by atoms with Crippen LogP contribution >= 0.6 is 0 Å². The Morgan fingerprint density at radius 2 is 1.95 bits per heavy atom. The van der Waals surface area contributed by atoms with E-state index in [0.29, 0.717) is 51.1 Å². The van der Waals surface area contributed by atoms with Gasteiger partial charge in [0.15, 0.2) is 0 Å². The van der Waals surface area contributed by atoms with Gasteiger partial charge in [-0.15, -0.1) is 0 Å². The minimum absolute atomic E-state index is 0.0859. The molecule has 5 nitrogen and oxygen atoms in total. The van der Waals surface area contributed by atoms with Crippen LogP contribution < -0.4 is 10.6 Å². The Kier molecular flexibility index (Phi) is 4.06. The average Bonchev–Trinajstić information content (AvgIpc) is 2.88. The van der Waals surface area contributed by atoms with Crippen molar-refractivity contribution in [1.29, 1.82) is 0 Å². The number of carbonyl (C=O) groups excluding carboxylic acids is 1. The van der Waals surface area contributed by atoms with Crippen molar-refractivity contribution in [2.75, 3.05) is 31.1 Å². The summed E-state index contributed by atoms with van der Waals surface area (Å²) in [4.78, 5) is 16.3. The summed E-state index contributed by atoms with van der Waals surface area (Å²) in [7, 11) is 0. The van der Waals surface area contributed by atoms with Crippen molar-refractivity contribution in [3.05, 3.63) is 30.1 Å². The molecule has 0 spiro atoms. The molecule has 1 saturated carbocycles. The molecule has 3 rings (SSSR count). The zero-order valence-electron chi connectivity index (χ0n) is 12.5. The smallest absolute Gasteiger partial charge is 0.242 e. The van der Waals surface area contributed by atoms with Crippen LogP contribution in [0, 0.1) is 5.82 Å². The van der Waals surface area contributed by atoms with Crippen LogP contribution in [0.1, 0.15) is 19.3 Å². The number of para-hydroxylation sites is 1. The van der Waals surface area contributed by atoms with E-state index in [4.69, 9.17) is 5.73 Å². The summed E-state index contributed by atoms with van der Waals surface area (Å²) >= 11 is 0. The predicted molar refractivity (Wildman–Crippen MR) is 82.0 cm³/mol. The molecule has 1 heterocycles. The van der Waals surface area contributed by atoms with Gasteiger partial charge in [-0.3, -0.25) is 4.79 Å². The quantitative estimate of drug-likeness (QED) is 0.844. The molecule has 2 fully saturated rings. The lowest BCUT2D eigenvalue weighted by atomic mass is 9.96. The van der Waals surface area contributed by atoms with E-state index in [1.807, 2.05) is 11.0 Å². The van der Waals surface area contributed by atoms with Gasteiger partial charge in [-0.1, -0.05) is 12.1 Å². The standard InChI is InChI=1S/C16H22FN3O2/c17-13-3-1-2-4-14(13)19-7-9-20(10-8-19)15(22)16(18)6-5-12(21)11-16/h1-4,12,21H,5-11,18H2. The third kappa shape index (κ3) is 2.80. The minimum Gasteiger partial charge on any atom is -0.393 e.